The van der Waals surface area contributed by atoms with Crippen LogP contribution in [0.5, 0.6) is 0 Å². The van der Waals surface area contributed by atoms with Crippen LogP contribution >= 0.6 is 0 Å². The fraction of sp³-hybridized carbons (Fsp3) is 0.632. The van der Waals surface area contributed by atoms with Gasteiger partial charge in [-0.15, -0.1) is 0 Å². The van der Waals surface area contributed by atoms with Gasteiger partial charge in [0.05, 0.1) is 6.10 Å². The number of hydrogen-bond acceptors (Lipinski definition) is 3. The van der Waals surface area contributed by atoms with Crippen LogP contribution in [0, 0.1) is 11.3 Å². The van der Waals surface area contributed by atoms with Crippen LogP contribution in [0.15, 0.2) is 24.3 Å². The number of ether oxygens (including phenoxy) is 1. The molecule has 1 spiro atoms. The van der Waals surface area contributed by atoms with Crippen molar-refractivity contribution in [3.63, 3.8) is 0 Å². The molecular formula is C19H24N2O2. The molecule has 0 bridgehead atoms. The molecule has 2 aliphatic carbocycles. The van der Waals surface area contributed by atoms with Gasteiger partial charge in [-0.3, -0.25) is 4.79 Å². The van der Waals surface area contributed by atoms with Gasteiger partial charge in [0.1, 0.15) is 0 Å². The van der Waals surface area contributed by atoms with Gasteiger partial charge >= 0.3 is 0 Å². The molecule has 2 heterocycles. The van der Waals surface area contributed by atoms with Gasteiger partial charge in [0.15, 0.2) is 0 Å². The number of rotatable bonds is 3. The first kappa shape index (κ1) is 13.8. The molecule has 4 aliphatic rings. The third kappa shape index (κ3) is 1.90. The predicted molar refractivity (Wildman–Crippen MR) is 89.6 cm³/mol. The minimum Gasteiger partial charge on any atom is -0.381 e. The van der Waals surface area contributed by atoms with Gasteiger partial charge in [-0.25, -0.2) is 0 Å². The number of benzene rings is 1. The molecule has 2 aliphatic heterocycles. The molecule has 23 heavy (non-hydrogen) atoms. The second-order valence-electron chi connectivity index (χ2n) is 7.65. The molecule has 122 valence electrons. The Morgan fingerprint density at radius 3 is 2.65 bits per heavy atom. The molecule has 5 rings (SSSR count). The van der Waals surface area contributed by atoms with Gasteiger partial charge in [0.2, 0.25) is 5.91 Å². The summed E-state index contributed by atoms with van der Waals surface area (Å²) in [4.78, 5) is 13.7. The molecule has 1 aromatic carbocycles. The minimum atomic E-state index is 0.254. The van der Waals surface area contributed by atoms with Gasteiger partial charge in [0.25, 0.3) is 0 Å². The molecular weight excluding hydrogens is 288 g/mol. The van der Waals surface area contributed by atoms with E-state index in [1.165, 1.54) is 31.4 Å². The van der Waals surface area contributed by atoms with Crippen molar-refractivity contribution in [1.29, 1.82) is 0 Å². The molecule has 1 amide bonds. The number of carbonyl (C=O) groups is 1. The van der Waals surface area contributed by atoms with Crippen molar-refractivity contribution in [3.05, 3.63) is 24.3 Å². The molecule has 1 N–H and O–H groups in total. The lowest BCUT2D eigenvalue weighted by Gasteiger charge is -2.63. The maximum Gasteiger partial charge on any atom is 0.227 e. The van der Waals surface area contributed by atoms with E-state index < -0.39 is 0 Å². The second kappa shape index (κ2) is 4.97. The van der Waals surface area contributed by atoms with Crippen LogP contribution in [0.3, 0.4) is 0 Å². The highest BCUT2D eigenvalue weighted by Crippen LogP contribution is 2.63. The zero-order valence-corrected chi connectivity index (χ0v) is 13.5. The van der Waals surface area contributed by atoms with Crippen LogP contribution in [0.2, 0.25) is 0 Å². The van der Waals surface area contributed by atoms with E-state index in [4.69, 9.17) is 4.74 Å². The number of nitrogens with zero attached hydrogens (tertiary/aromatic N) is 1. The Morgan fingerprint density at radius 2 is 2.00 bits per heavy atom. The van der Waals surface area contributed by atoms with Crippen LogP contribution in [-0.4, -0.2) is 31.2 Å². The van der Waals surface area contributed by atoms with E-state index in [0.717, 1.165) is 25.3 Å². The van der Waals surface area contributed by atoms with Crippen molar-refractivity contribution in [2.45, 2.75) is 50.7 Å². The van der Waals surface area contributed by atoms with E-state index in [1.807, 2.05) is 4.90 Å². The Balaban J connectivity index is 1.32. The summed E-state index contributed by atoms with van der Waals surface area (Å²) < 4.78 is 5.99. The van der Waals surface area contributed by atoms with Crippen molar-refractivity contribution in [2.24, 2.45) is 11.3 Å². The third-order valence-electron chi connectivity index (χ3n) is 6.61. The maximum absolute atomic E-state index is 11.8. The highest BCUT2D eigenvalue weighted by atomic mass is 16.5. The number of hydrogen-bond donors (Lipinski definition) is 1. The first-order chi connectivity index (χ1) is 11.3. The van der Waals surface area contributed by atoms with E-state index in [9.17, 15) is 4.79 Å². The fourth-order valence-corrected chi connectivity index (χ4v) is 5.29. The Kier molecular flexibility index (Phi) is 2.99. The molecule has 0 aromatic heterocycles. The molecule has 4 heteroatoms. The Morgan fingerprint density at radius 1 is 1.17 bits per heavy atom. The molecule has 4 nitrogen and oxygen atoms in total. The predicted octanol–water partition coefficient (Wildman–Crippen LogP) is 3.18. The first-order valence-electron chi connectivity index (χ1n) is 9.06. The lowest BCUT2D eigenvalue weighted by Crippen LogP contribution is -2.68. The maximum atomic E-state index is 11.8. The average molecular weight is 312 g/mol. The van der Waals surface area contributed by atoms with E-state index in [1.54, 1.807) is 0 Å². The lowest BCUT2D eigenvalue weighted by atomic mass is 9.46. The molecule has 0 radical (unpaired) electrons. The van der Waals surface area contributed by atoms with Crippen LogP contribution < -0.4 is 10.2 Å². The summed E-state index contributed by atoms with van der Waals surface area (Å²) in [6.07, 6.45) is 7.35. The van der Waals surface area contributed by atoms with Gasteiger partial charge in [-0.1, -0.05) is 6.42 Å². The molecule has 4 fully saturated rings. The fourth-order valence-electron chi connectivity index (χ4n) is 5.29. The Hall–Kier alpha value is -1.55. The molecule has 3 atom stereocenters. The quantitative estimate of drug-likeness (QED) is 0.932. The zero-order valence-electron chi connectivity index (χ0n) is 13.5. The number of fused-ring (bicyclic) bond motifs is 2. The van der Waals surface area contributed by atoms with Gasteiger partial charge < -0.3 is 15.0 Å². The summed E-state index contributed by atoms with van der Waals surface area (Å²) in [6, 6.07) is 9.01. The van der Waals surface area contributed by atoms with E-state index in [-0.39, 0.29) is 5.91 Å². The lowest BCUT2D eigenvalue weighted by molar-refractivity contribution is -0.158. The van der Waals surface area contributed by atoms with E-state index >= 15 is 0 Å². The van der Waals surface area contributed by atoms with Crippen LogP contribution in [0.4, 0.5) is 11.4 Å². The van der Waals surface area contributed by atoms with Crippen molar-refractivity contribution in [2.75, 3.05) is 23.4 Å². The number of carbonyl (C=O) groups excluding carboxylic acids is 1. The van der Waals surface area contributed by atoms with E-state index in [0.29, 0.717) is 29.9 Å². The summed E-state index contributed by atoms with van der Waals surface area (Å²) >= 11 is 0. The average Bonchev–Trinajstić information content (AvgIpc) is 3.12. The summed E-state index contributed by atoms with van der Waals surface area (Å²) in [6.45, 7) is 1.80. The second-order valence-corrected chi connectivity index (χ2v) is 7.65. The SMILES string of the molecule is O=C1CCCN1c1ccc(N[C@@H]2[C@@H]3CCO[C@H]3C23CCC3)cc1. The molecule has 2 saturated heterocycles. The van der Waals surface area contributed by atoms with Crippen LogP contribution in [-0.2, 0) is 9.53 Å². The third-order valence-corrected chi connectivity index (χ3v) is 6.61. The smallest absolute Gasteiger partial charge is 0.227 e. The van der Waals surface area contributed by atoms with Crippen LogP contribution in [0.1, 0.15) is 38.5 Å². The van der Waals surface area contributed by atoms with Gasteiger partial charge in [0, 0.05) is 48.3 Å². The van der Waals surface area contributed by atoms with Gasteiger partial charge in [-0.2, -0.15) is 0 Å². The van der Waals surface area contributed by atoms with Crippen molar-refractivity contribution >= 4 is 17.3 Å². The molecule has 2 saturated carbocycles. The Labute approximate surface area is 137 Å². The number of amides is 1. The highest BCUT2D eigenvalue weighted by Gasteiger charge is 2.66. The normalized spacial score (nSPS) is 34.2. The summed E-state index contributed by atoms with van der Waals surface area (Å²) in [5.74, 6) is 0.944. The van der Waals surface area contributed by atoms with Gasteiger partial charge in [-0.05, 0) is 49.9 Å². The monoisotopic (exact) mass is 312 g/mol. The topological polar surface area (TPSA) is 41.6 Å². The number of anilines is 2. The first-order valence-corrected chi connectivity index (χ1v) is 9.06. The summed E-state index contributed by atoms with van der Waals surface area (Å²) in [5, 5.41) is 3.79. The van der Waals surface area contributed by atoms with Crippen LogP contribution in [0.25, 0.3) is 0 Å². The highest BCUT2D eigenvalue weighted by molar-refractivity contribution is 5.95. The van der Waals surface area contributed by atoms with Crippen molar-refractivity contribution in [3.8, 4) is 0 Å². The summed E-state index contributed by atoms with van der Waals surface area (Å²) in [7, 11) is 0. The number of nitrogens with one attached hydrogen (secondary N) is 1. The minimum absolute atomic E-state index is 0.254. The van der Waals surface area contributed by atoms with Crippen molar-refractivity contribution < 1.29 is 9.53 Å². The molecule has 0 unspecified atom stereocenters. The Bertz CT molecular complexity index is 623. The zero-order chi connectivity index (χ0) is 15.4. The molecule has 1 aromatic rings. The largest absolute Gasteiger partial charge is 0.381 e. The van der Waals surface area contributed by atoms with Crippen molar-refractivity contribution in [1.82, 2.24) is 0 Å². The standard InChI is InChI=1S/C19H24N2O2/c22-16-3-1-11-21(16)14-6-4-13(5-7-14)20-17-15-8-12-23-18(15)19(17)9-2-10-19/h4-7,15,17-18,20H,1-3,8-12H2/t15-,17+,18+/m0/s1. The van der Waals surface area contributed by atoms with E-state index in [2.05, 4.69) is 29.6 Å². The summed E-state index contributed by atoms with van der Waals surface area (Å²) in [5.41, 5.74) is 2.62.